The van der Waals surface area contributed by atoms with E-state index in [2.05, 4.69) is 28.5 Å². The van der Waals surface area contributed by atoms with Crippen molar-refractivity contribution >= 4 is 43.9 Å². The average Bonchev–Trinajstić information content (AvgIpc) is 3.16. The highest BCUT2D eigenvalue weighted by atomic mass is 32.1. The summed E-state index contributed by atoms with van der Waals surface area (Å²) in [5, 5.41) is 9.14. The highest BCUT2D eigenvalue weighted by Crippen LogP contribution is 2.30. The minimum atomic E-state index is -0.379. The number of hydrogen-bond acceptors (Lipinski definition) is 5. The Morgan fingerprint density at radius 3 is 2.59 bits per heavy atom. The van der Waals surface area contributed by atoms with Crippen molar-refractivity contribution < 1.29 is 4.42 Å². The van der Waals surface area contributed by atoms with Gasteiger partial charge in [-0.25, -0.2) is 9.78 Å². The third-order valence-electron chi connectivity index (χ3n) is 4.45. The van der Waals surface area contributed by atoms with Gasteiger partial charge in [-0.1, -0.05) is 54.6 Å². The first-order valence-electron chi connectivity index (χ1n) is 8.51. The largest absolute Gasteiger partial charge is 0.422 e. The van der Waals surface area contributed by atoms with Crippen molar-refractivity contribution in [3.63, 3.8) is 0 Å². The molecule has 5 rings (SSSR count). The molecule has 0 saturated heterocycles. The lowest BCUT2D eigenvalue weighted by Crippen LogP contribution is -2.02. The molecule has 0 fully saturated rings. The molecule has 0 atom stereocenters. The second-order valence-corrected chi connectivity index (χ2v) is 7.03. The van der Waals surface area contributed by atoms with Gasteiger partial charge in [-0.05, 0) is 23.6 Å². The number of hydrogen-bond donors (Lipinski definition) is 1. The molecule has 0 aliphatic heterocycles. The summed E-state index contributed by atoms with van der Waals surface area (Å²) >= 11 is 1.46. The fourth-order valence-corrected chi connectivity index (χ4v) is 3.87. The van der Waals surface area contributed by atoms with Crippen molar-refractivity contribution in [1.29, 1.82) is 0 Å². The highest BCUT2D eigenvalue weighted by molar-refractivity contribution is 7.14. The molecule has 0 amide bonds. The van der Waals surface area contributed by atoms with Crippen molar-refractivity contribution in [3.05, 3.63) is 88.6 Å². The highest BCUT2D eigenvalue weighted by Gasteiger charge is 2.12. The van der Waals surface area contributed by atoms with Gasteiger partial charge < -0.3 is 9.73 Å². The summed E-state index contributed by atoms with van der Waals surface area (Å²) in [7, 11) is 0. The lowest BCUT2D eigenvalue weighted by molar-refractivity contribution is 0.563. The van der Waals surface area contributed by atoms with E-state index in [1.165, 1.54) is 11.3 Å². The van der Waals surface area contributed by atoms with Crippen LogP contribution in [0.4, 0.5) is 10.8 Å². The maximum Gasteiger partial charge on any atom is 0.345 e. The Kier molecular flexibility index (Phi) is 3.73. The molecular weight excluding hydrogens is 356 g/mol. The molecule has 130 valence electrons. The Balaban J connectivity index is 1.53. The van der Waals surface area contributed by atoms with Crippen molar-refractivity contribution in [2.75, 3.05) is 5.32 Å². The van der Waals surface area contributed by atoms with Gasteiger partial charge in [-0.2, -0.15) is 0 Å². The Hall–Kier alpha value is -3.44. The van der Waals surface area contributed by atoms with Gasteiger partial charge in [0.15, 0.2) is 5.13 Å². The average molecular weight is 370 g/mol. The molecule has 0 spiro atoms. The van der Waals surface area contributed by atoms with Gasteiger partial charge in [-0.3, -0.25) is 0 Å². The monoisotopic (exact) mass is 370 g/mol. The summed E-state index contributed by atoms with van der Waals surface area (Å²) in [5.74, 6) is 0. The van der Waals surface area contributed by atoms with Crippen LogP contribution in [0, 0.1) is 0 Å². The van der Waals surface area contributed by atoms with Crippen LogP contribution < -0.4 is 10.9 Å². The van der Waals surface area contributed by atoms with Crippen LogP contribution in [0.25, 0.3) is 33.0 Å². The maximum absolute atomic E-state index is 12.4. The Morgan fingerprint density at radius 1 is 0.889 bits per heavy atom. The van der Waals surface area contributed by atoms with Gasteiger partial charge in [-0.15, -0.1) is 11.3 Å². The summed E-state index contributed by atoms with van der Waals surface area (Å²) in [6.07, 6.45) is 0. The molecule has 0 unspecified atom stereocenters. The molecule has 0 aliphatic carbocycles. The first-order valence-corrected chi connectivity index (χ1v) is 9.39. The Bertz CT molecular complexity index is 1330. The minimum absolute atomic E-state index is 0.379. The Labute approximate surface area is 158 Å². The summed E-state index contributed by atoms with van der Waals surface area (Å²) in [5.41, 5.74) is 2.27. The van der Waals surface area contributed by atoms with Crippen molar-refractivity contribution in [3.8, 4) is 11.3 Å². The van der Waals surface area contributed by atoms with Gasteiger partial charge in [0.1, 0.15) is 5.58 Å². The fourth-order valence-electron chi connectivity index (χ4n) is 3.14. The predicted octanol–water partition coefficient (Wildman–Crippen LogP) is 5.81. The molecular formula is C22H14N2O2S. The first kappa shape index (κ1) is 15.8. The van der Waals surface area contributed by atoms with Gasteiger partial charge in [0.25, 0.3) is 0 Å². The summed E-state index contributed by atoms with van der Waals surface area (Å²) in [6.45, 7) is 0. The number of aromatic nitrogens is 1. The van der Waals surface area contributed by atoms with E-state index in [1.54, 1.807) is 6.07 Å². The zero-order valence-electron chi connectivity index (χ0n) is 14.2. The molecule has 0 bridgehead atoms. The number of fused-ring (bicyclic) bond motifs is 2. The van der Waals surface area contributed by atoms with E-state index in [1.807, 2.05) is 53.9 Å². The number of thiazole rings is 1. The van der Waals surface area contributed by atoms with E-state index < -0.39 is 0 Å². The quantitative estimate of drug-likeness (QED) is 0.407. The zero-order valence-corrected chi connectivity index (χ0v) is 15.0. The van der Waals surface area contributed by atoms with Crippen LogP contribution in [0.5, 0.6) is 0 Å². The fraction of sp³-hybridized carbons (Fsp3) is 0. The topological polar surface area (TPSA) is 55.1 Å². The molecule has 0 aliphatic rings. The first-order chi connectivity index (χ1) is 13.3. The molecule has 0 radical (unpaired) electrons. The SMILES string of the molecule is O=c1oc2ccccc2cc1-c1csc(Nc2cccc3ccccc23)n1. The molecule has 0 saturated carbocycles. The van der Waals surface area contributed by atoms with Crippen LogP contribution in [-0.4, -0.2) is 4.98 Å². The number of nitrogens with zero attached hydrogens (tertiary/aromatic N) is 1. The van der Waals surface area contributed by atoms with Crippen LogP contribution in [0.1, 0.15) is 0 Å². The lowest BCUT2D eigenvalue weighted by Gasteiger charge is -2.06. The van der Waals surface area contributed by atoms with Crippen molar-refractivity contribution in [2.24, 2.45) is 0 Å². The van der Waals surface area contributed by atoms with E-state index in [0.29, 0.717) is 16.8 Å². The second kappa shape index (κ2) is 6.37. The van der Waals surface area contributed by atoms with E-state index >= 15 is 0 Å². The normalized spacial score (nSPS) is 11.1. The summed E-state index contributed by atoms with van der Waals surface area (Å²) < 4.78 is 5.42. The Morgan fingerprint density at radius 2 is 1.67 bits per heavy atom. The smallest absolute Gasteiger partial charge is 0.345 e. The van der Waals surface area contributed by atoms with Crippen molar-refractivity contribution in [1.82, 2.24) is 4.98 Å². The van der Waals surface area contributed by atoms with Crippen LogP contribution in [0.2, 0.25) is 0 Å². The maximum atomic E-state index is 12.4. The molecule has 2 aromatic heterocycles. The second-order valence-electron chi connectivity index (χ2n) is 6.17. The van der Waals surface area contributed by atoms with Gasteiger partial charge >= 0.3 is 5.63 Å². The van der Waals surface area contributed by atoms with E-state index in [0.717, 1.165) is 27.0 Å². The number of benzene rings is 3. The zero-order chi connectivity index (χ0) is 18.2. The summed E-state index contributed by atoms with van der Waals surface area (Å²) in [6, 6.07) is 23.6. The molecule has 3 aromatic carbocycles. The number of nitrogens with one attached hydrogen (secondary N) is 1. The molecule has 2 heterocycles. The van der Waals surface area contributed by atoms with Gasteiger partial charge in [0.2, 0.25) is 0 Å². The standard InChI is InChI=1S/C22H14N2O2S/c25-21-17(12-15-7-2-4-11-20(15)26-21)19-13-27-22(24-19)23-18-10-5-8-14-6-1-3-9-16(14)18/h1-13H,(H,23,24). The van der Waals surface area contributed by atoms with E-state index in [-0.39, 0.29) is 5.63 Å². The molecule has 5 heteroatoms. The number of para-hydroxylation sites is 1. The molecule has 5 aromatic rings. The van der Waals surface area contributed by atoms with Gasteiger partial charge in [0.05, 0.1) is 11.3 Å². The molecule has 27 heavy (non-hydrogen) atoms. The summed E-state index contributed by atoms with van der Waals surface area (Å²) in [4.78, 5) is 17.0. The van der Waals surface area contributed by atoms with Crippen LogP contribution in [0.15, 0.2) is 87.4 Å². The van der Waals surface area contributed by atoms with E-state index in [4.69, 9.17) is 4.42 Å². The van der Waals surface area contributed by atoms with Crippen LogP contribution >= 0.6 is 11.3 Å². The number of rotatable bonds is 3. The van der Waals surface area contributed by atoms with E-state index in [9.17, 15) is 4.79 Å². The molecule has 1 N–H and O–H groups in total. The lowest BCUT2D eigenvalue weighted by atomic mass is 10.1. The minimum Gasteiger partial charge on any atom is -0.422 e. The number of anilines is 2. The predicted molar refractivity (Wildman–Crippen MR) is 111 cm³/mol. The third-order valence-corrected chi connectivity index (χ3v) is 5.21. The third kappa shape index (κ3) is 2.88. The van der Waals surface area contributed by atoms with Gasteiger partial charge in [0, 0.05) is 21.8 Å². The molecule has 4 nitrogen and oxygen atoms in total. The van der Waals surface area contributed by atoms with Crippen molar-refractivity contribution in [2.45, 2.75) is 0 Å². The van der Waals surface area contributed by atoms with Crippen LogP contribution in [-0.2, 0) is 0 Å². The van der Waals surface area contributed by atoms with Crippen LogP contribution in [0.3, 0.4) is 0 Å².